The van der Waals surface area contributed by atoms with Crippen molar-refractivity contribution in [3.8, 4) is 5.75 Å². The van der Waals surface area contributed by atoms with Gasteiger partial charge in [0.15, 0.2) is 0 Å². The fourth-order valence-corrected chi connectivity index (χ4v) is 1.38. The molecule has 0 saturated heterocycles. The zero-order chi connectivity index (χ0) is 12.7. The Morgan fingerprint density at radius 1 is 1.41 bits per heavy atom. The number of nitrogens with one attached hydrogen (secondary N) is 1. The second-order valence-electron chi connectivity index (χ2n) is 3.42. The van der Waals surface area contributed by atoms with Crippen LogP contribution < -0.4 is 10.1 Å². The summed E-state index contributed by atoms with van der Waals surface area (Å²) >= 11 is 0. The van der Waals surface area contributed by atoms with Gasteiger partial charge >= 0.3 is 0 Å². The van der Waals surface area contributed by atoms with Crippen molar-refractivity contribution in [1.29, 1.82) is 0 Å². The number of hydrogen-bond acceptors (Lipinski definition) is 5. The second kappa shape index (κ2) is 6.82. The Morgan fingerprint density at radius 2 is 2.18 bits per heavy atom. The topological polar surface area (TPSA) is 73.6 Å². The van der Waals surface area contributed by atoms with E-state index in [9.17, 15) is 10.1 Å². The van der Waals surface area contributed by atoms with E-state index in [0.29, 0.717) is 25.5 Å². The lowest BCUT2D eigenvalue weighted by Crippen LogP contribution is -2.10. The molecule has 0 unspecified atom stereocenters. The first-order valence-electron chi connectivity index (χ1n) is 5.22. The highest BCUT2D eigenvalue weighted by atomic mass is 16.6. The second-order valence-corrected chi connectivity index (χ2v) is 3.42. The fraction of sp³-hybridized carbons (Fsp3) is 0.455. The number of benzene rings is 1. The van der Waals surface area contributed by atoms with Gasteiger partial charge in [0.1, 0.15) is 12.4 Å². The third kappa shape index (κ3) is 4.01. The van der Waals surface area contributed by atoms with Crippen molar-refractivity contribution < 1.29 is 14.4 Å². The van der Waals surface area contributed by atoms with Gasteiger partial charge in [-0.2, -0.15) is 0 Å². The van der Waals surface area contributed by atoms with E-state index < -0.39 is 4.92 Å². The van der Waals surface area contributed by atoms with Crippen molar-refractivity contribution in [2.45, 2.75) is 6.54 Å². The lowest BCUT2D eigenvalue weighted by Gasteiger charge is -2.10. The largest absolute Gasteiger partial charge is 0.491 e. The molecule has 94 valence electrons. The number of ether oxygens (including phenoxy) is 2. The molecule has 0 aromatic heterocycles. The fourth-order valence-electron chi connectivity index (χ4n) is 1.38. The SMILES string of the molecule is CNCc1cc([N+](=O)[O-])ccc1OCCOC. The van der Waals surface area contributed by atoms with Crippen LogP contribution in [0, 0.1) is 10.1 Å². The van der Waals surface area contributed by atoms with Gasteiger partial charge in [-0.3, -0.25) is 10.1 Å². The highest BCUT2D eigenvalue weighted by Gasteiger charge is 2.11. The standard InChI is InChI=1S/C11H16N2O4/c1-12-8-9-7-10(13(14)15)3-4-11(9)17-6-5-16-2/h3-4,7,12H,5-6,8H2,1-2H3. The van der Waals surface area contributed by atoms with E-state index in [1.165, 1.54) is 12.1 Å². The molecule has 0 amide bonds. The van der Waals surface area contributed by atoms with Gasteiger partial charge in [0.05, 0.1) is 11.5 Å². The molecule has 0 fully saturated rings. The monoisotopic (exact) mass is 240 g/mol. The van der Waals surface area contributed by atoms with Gasteiger partial charge in [0.2, 0.25) is 0 Å². The summed E-state index contributed by atoms with van der Waals surface area (Å²) in [4.78, 5) is 10.2. The summed E-state index contributed by atoms with van der Waals surface area (Å²) in [7, 11) is 3.37. The quantitative estimate of drug-likeness (QED) is 0.442. The smallest absolute Gasteiger partial charge is 0.270 e. The lowest BCUT2D eigenvalue weighted by atomic mass is 10.2. The van der Waals surface area contributed by atoms with Crippen molar-refractivity contribution in [3.05, 3.63) is 33.9 Å². The first-order valence-corrected chi connectivity index (χ1v) is 5.22. The minimum Gasteiger partial charge on any atom is -0.491 e. The van der Waals surface area contributed by atoms with Crippen molar-refractivity contribution in [2.24, 2.45) is 0 Å². The predicted molar refractivity (Wildman–Crippen MR) is 63.2 cm³/mol. The molecule has 0 radical (unpaired) electrons. The van der Waals surface area contributed by atoms with E-state index in [1.807, 2.05) is 0 Å². The number of nitro benzene ring substituents is 1. The van der Waals surface area contributed by atoms with Crippen LogP contribution in [0.25, 0.3) is 0 Å². The van der Waals surface area contributed by atoms with Crippen LogP contribution in [-0.2, 0) is 11.3 Å². The Balaban J connectivity index is 2.83. The van der Waals surface area contributed by atoms with E-state index in [0.717, 1.165) is 5.56 Å². The van der Waals surface area contributed by atoms with E-state index in [2.05, 4.69) is 5.32 Å². The average Bonchev–Trinajstić information content (AvgIpc) is 2.31. The zero-order valence-electron chi connectivity index (χ0n) is 9.93. The molecule has 0 aliphatic carbocycles. The normalized spacial score (nSPS) is 10.2. The molecule has 17 heavy (non-hydrogen) atoms. The van der Waals surface area contributed by atoms with Crippen LogP contribution in [-0.4, -0.2) is 32.3 Å². The van der Waals surface area contributed by atoms with Gasteiger partial charge in [-0.05, 0) is 13.1 Å². The lowest BCUT2D eigenvalue weighted by molar-refractivity contribution is -0.384. The summed E-state index contributed by atoms with van der Waals surface area (Å²) in [5.74, 6) is 0.641. The Kier molecular flexibility index (Phi) is 5.38. The molecule has 0 heterocycles. The number of nitrogens with zero attached hydrogens (tertiary/aromatic N) is 1. The van der Waals surface area contributed by atoms with E-state index >= 15 is 0 Å². The van der Waals surface area contributed by atoms with Gasteiger partial charge in [-0.1, -0.05) is 0 Å². The highest BCUT2D eigenvalue weighted by molar-refractivity contribution is 5.43. The van der Waals surface area contributed by atoms with E-state index in [-0.39, 0.29) is 5.69 Å². The van der Waals surface area contributed by atoms with Crippen molar-refractivity contribution in [1.82, 2.24) is 5.32 Å². The molecule has 1 rings (SSSR count). The molecule has 1 aromatic rings. The van der Waals surface area contributed by atoms with Gasteiger partial charge in [0, 0.05) is 31.4 Å². The molecule has 1 aromatic carbocycles. The number of methoxy groups -OCH3 is 1. The van der Waals surface area contributed by atoms with Gasteiger partial charge in [-0.15, -0.1) is 0 Å². The third-order valence-corrected chi connectivity index (χ3v) is 2.17. The highest BCUT2D eigenvalue weighted by Crippen LogP contribution is 2.24. The molecule has 0 atom stereocenters. The number of nitro groups is 1. The van der Waals surface area contributed by atoms with E-state index in [4.69, 9.17) is 9.47 Å². The van der Waals surface area contributed by atoms with Gasteiger partial charge in [0.25, 0.3) is 5.69 Å². The first-order chi connectivity index (χ1) is 8.19. The maximum Gasteiger partial charge on any atom is 0.270 e. The predicted octanol–water partition coefficient (Wildman–Crippen LogP) is 1.34. The number of hydrogen-bond donors (Lipinski definition) is 1. The molecule has 0 aliphatic rings. The summed E-state index contributed by atoms with van der Waals surface area (Å²) in [6, 6.07) is 4.56. The Labute approximate surface area is 99.7 Å². The Morgan fingerprint density at radius 3 is 2.76 bits per heavy atom. The molecule has 1 N–H and O–H groups in total. The summed E-state index contributed by atoms with van der Waals surface area (Å²) in [5.41, 5.74) is 0.826. The van der Waals surface area contributed by atoms with Crippen molar-refractivity contribution in [2.75, 3.05) is 27.4 Å². The maximum absolute atomic E-state index is 10.7. The third-order valence-electron chi connectivity index (χ3n) is 2.17. The molecule has 0 saturated carbocycles. The first kappa shape index (κ1) is 13.4. The summed E-state index contributed by atoms with van der Waals surface area (Å²) in [6.07, 6.45) is 0. The average molecular weight is 240 g/mol. The van der Waals surface area contributed by atoms with Crippen LogP contribution in [0.1, 0.15) is 5.56 Å². The van der Waals surface area contributed by atoms with Crippen LogP contribution in [0.5, 0.6) is 5.75 Å². The van der Waals surface area contributed by atoms with Crippen molar-refractivity contribution >= 4 is 5.69 Å². The molecule has 0 aliphatic heterocycles. The molecule has 0 bridgehead atoms. The van der Waals surface area contributed by atoms with Gasteiger partial charge < -0.3 is 14.8 Å². The molecule has 6 heteroatoms. The van der Waals surface area contributed by atoms with Crippen molar-refractivity contribution in [3.63, 3.8) is 0 Å². The summed E-state index contributed by atoms with van der Waals surface area (Å²) in [6.45, 7) is 1.42. The Hall–Kier alpha value is -1.66. The minimum absolute atomic E-state index is 0.0642. The van der Waals surface area contributed by atoms with Crippen LogP contribution >= 0.6 is 0 Å². The number of non-ortho nitro benzene ring substituents is 1. The molecular weight excluding hydrogens is 224 g/mol. The minimum atomic E-state index is -0.419. The maximum atomic E-state index is 10.7. The molecule has 6 nitrogen and oxygen atoms in total. The molecule has 0 spiro atoms. The van der Waals surface area contributed by atoms with Crippen LogP contribution in [0.2, 0.25) is 0 Å². The zero-order valence-corrected chi connectivity index (χ0v) is 9.93. The van der Waals surface area contributed by atoms with E-state index in [1.54, 1.807) is 20.2 Å². The van der Waals surface area contributed by atoms with Crippen LogP contribution in [0.3, 0.4) is 0 Å². The molecular formula is C11H16N2O4. The summed E-state index contributed by atoms with van der Waals surface area (Å²) < 4.78 is 10.4. The number of rotatable bonds is 7. The van der Waals surface area contributed by atoms with Crippen LogP contribution in [0.4, 0.5) is 5.69 Å². The van der Waals surface area contributed by atoms with Crippen LogP contribution in [0.15, 0.2) is 18.2 Å². The summed E-state index contributed by atoms with van der Waals surface area (Å²) in [5, 5.41) is 13.6. The van der Waals surface area contributed by atoms with Gasteiger partial charge in [-0.25, -0.2) is 0 Å². The Bertz CT molecular complexity index is 382.